The largest absolute Gasteiger partial charge is 0.493 e. The van der Waals surface area contributed by atoms with E-state index in [0.717, 1.165) is 25.0 Å². The molecule has 0 radical (unpaired) electrons. The van der Waals surface area contributed by atoms with E-state index in [-0.39, 0.29) is 39.8 Å². The van der Waals surface area contributed by atoms with Crippen LogP contribution in [0.2, 0.25) is 0 Å². The summed E-state index contributed by atoms with van der Waals surface area (Å²) in [5.74, 6) is -0.819. The minimum Gasteiger partial charge on any atom is -0.493 e. The normalized spacial score (nSPS) is 15.4. The number of carbonyl (C=O) groups is 2. The van der Waals surface area contributed by atoms with Crippen LogP contribution in [0.15, 0.2) is 48.5 Å². The van der Waals surface area contributed by atoms with Crippen molar-refractivity contribution in [2.24, 2.45) is 0 Å². The zero-order chi connectivity index (χ0) is 34.0. The standard InChI is InChI=1S/C33H37F4N3O6/c1-18-13-20(7-11-24(18)34)25-14-22(19(2)39-30(42)46-31(3,4)5)16-28(40-25)32(43,33(35,36)37)17-38-29(41)21-8-12-26(27(15-21)44-6)45-23-9-10-23/h7-8,11-16,19,23,43H,9-10,17H2,1-6H3,(H,38,41)(H,39,42). The van der Waals surface area contributed by atoms with Crippen LogP contribution in [0.3, 0.4) is 0 Å². The number of nitrogens with zero attached hydrogens (tertiary/aromatic N) is 1. The maximum Gasteiger partial charge on any atom is 0.424 e. The van der Waals surface area contributed by atoms with Gasteiger partial charge in [-0.25, -0.2) is 14.2 Å². The Hall–Kier alpha value is -4.39. The number of nitrogens with one attached hydrogen (secondary N) is 2. The minimum absolute atomic E-state index is 0.0242. The molecular weight excluding hydrogens is 610 g/mol. The van der Waals surface area contributed by atoms with Crippen LogP contribution in [-0.4, -0.2) is 53.6 Å². The number of hydrogen-bond donors (Lipinski definition) is 3. The molecule has 0 saturated heterocycles. The van der Waals surface area contributed by atoms with Crippen LogP contribution in [0.1, 0.15) is 73.8 Å². The number of hydrogen-bond acceptors (Lipinski definition) is 7. The Bertz CT molecular complexity index is 1600. The second kappa shape index (κ2) is 13.1. The van der Waals surface area contributed by atoms with E-state index in [1.165, 1.54) is 57.4 Å². The van der Waals surface area contributed by atoms with E-state index in [1.54, 1.807) is 20.8 Å². The van der Waals surface area contributed by atoms with Crippen LogP contribution in [0, 0.1) is 12.7 Å². The summed E-state index contributed by atoms with van der Waals surface area (Å²) in [7, 11) is 1.37. The van der Waals surface area contributed by atoms with Gasteiger partial charge < -0.3 is 30.0 Å². The highest BCUT2D eigenvalue weighted by Gasteiger charge is 2.56. The lowest BCUT2D eigenvalue weighted by Gasteiger charge is -2.31. The van der Waals surface area contributed by atoms with E-state index < -0.39 is 53.5 Å². The summed E-state index contributed by atoms with van der Waals surface area (Å²) in [6.45, 7) is 6.66. The lowest BCUT2D eigenvalue weighted by atomic mass is 9.93. The van der Waals surface area contributed by atoms with E-state index in [2.05, 4.69) is 15.6 Å². The van der Waals surface area contributed by atoms with Crippen molar-refractivity contribution < 1.29 is 46.5 Å². The molecule has 248 valence electrons. The molecule has 1 heterocycles. The molecule has 2 amide bonds. The first kappa shape index (κ1) is 34.5. The SMILES string of the molecule is COc1cc(C(=O)NCC(O)(c2cc(C(C)NC(=O)OC(C)(C)C)cc(-c3ccc(F)c(C)c3)n2)C(F)(F)F)ccc1OC1CC1. The topological polar surface area (TPSA) is 119 Å². The lowest BCUT2D eigenvalue weighted by molar-refractivity contribution is -0.265. The van der Waals surface area contributed by atoms with E-state index in [4.69, 9.17) is 14.2 Å². The molecule has 0 aliphatic heterocycles. The van der Waals surface area contributed by atoms with Gasteiger partial charge in [0.25, 0.3) is 5.91 Å². The number of benzene rings is 2. The molecule has 2 unspecified atom stereocenters. The van der Waals surface area contributed by atoms with Crippen molar-refractivity contribution in [3.05, 3.63) is 76.7 Å². The molecule has 0 bridgehead atoms. The maximum atomic E-state index is 14.7. The van der Waals surface area contributed by atoms with Gasteiger partial charge in [0, 0.05) is 11.1 Å². The molecule has 9 nitrogen and oxygen atoms in total. The quantitative estimate of drug-likeness (QED) is 0.215. The highest BCUT2D eigenvalue weighted by atomic mass is 19.4. The van der Waals surface area contributed by atoms with Crippen molar-refractivity contribution >= 4 is 12.0 Å². The molecular formula is C33H37F4N3O6. The van der Waals surface area contributed by atoms with Crippen molar-refractivity contribution in [3.63, 3.8) is 0 Å². The summed E-state index contributed by atoms with van der Waals surface area (Å²) in [5.41, 5.74) is -4.80. The van der Waals surface area contributed by atoms with Gasteiger partial charge in [0.2, 0.25) is 5.60 Å². The molecule has 0 spiro atoms. The summed E-state index contributed by atoms with van der Waals surface area (Å²) in [6.07, 6.45) is -4.32. The predicted molar refractivity (Wildman–Crippen MR) is 161 cm³/mol. The number of carbonyl (C=O) groups excluding carboxylic acids is 2. The predicted octanol–water partition coefficient (Wildman–Crippen LogP) is 6.51. The number of alkyl carbamates (subject to hydrolysis) is 1. The Labute approximate surface area is 264 Å². The molecule has 2 aromatic carbocycles. The summed E-state index contributed by atoms with van der Waals surface area (Å²) >= 11 is 0. The van der Waals surface area contributed by atoms with Crippen LogP contribution in [0.25, 0.3) is 11.3 Å². The third kappa shape index (κ3) is 8.25. The molecule has 2 atom stereocenters. The molecule has 46 heavy (non-hydrogen) atoms. The number of pyridine rings is 1. The molecule has 3 N–H and O–H groups in total. The number of methoxy groups -OCH3 is 1. The Morgan fingerprint density at radius 1 is 1.04 bits per heavy atom. The number of aromatic nitrogens is 1. The minimum atomic E-state index is -5.32. The van der Waals surface area contributed by atoms with Gasteiger partial charge >= 0.3 is 12.3 Å². The van der Waals surface area contributed by atoms with Gasteiger partial charge in [-0.15, -0.1) is 0 Å². The first-order valence-electron chi connectivity index (χ1n) is 14.6. The van der Waals surface area contributed by atoms with Gasteiger partial charge in [-0.3, -0.25) is 4.79 Å². The highest BCUT2D eigenvalue weighted by molar-refractivity contribution is 5.95. The number of aliphatic hydroxyl groups is 1. The van der Waals surface area contributed by atoms with Crippen LogP contribution < -0.4 is 20.1 Å². The van der Waals surface area contributed by atoms with Crippen molar-refractivity contribution in [1.82, 2.24) is 15.6 Å². The fraction of sp³-hybridized carbons (Fsp3) is 0.424. The number of aryl methyl sites for hydroxylation is 1. The average Bonchev–Trinajstić information content (AvgIpc) is 3.79. The van der Waals surface area contributed by atoms with Gasteiger partial charge in [-0.05, 0) is 107 Å². The fourth-order valence-electron chi connectivity index (χ4n) is 4.45. The molecule has 3 aromatic rings. The smallest absolute Gasteiger partial charge is 0.424 e. The summed E-state index contributed by atoms with van der Waals surface area (Å²) in [4.78, 5) is 29.6. The number of amides is 2. The number of halogens is 4. The lowest BCUT2D eigenvalue weighted by Crippen LogP contribution is -2.51. The van der Waals surface area contributed by atoms with Gasteiger partial charge in [0.05, 0.1) is 37.2 Å². The van der Waals surface area contributed by atoms with Gasteiger partial charge in [-0.1, -0.05) is 0 Å². The van der Waals surface area contributed by atoms with Crippen LogP contribution in [0.4, 0.5) is 22.4 Å². The summed E-state index contributed by atoms with van der Waals surface area (Å²) < 4.78 is 74.5. The maximum absolute atomic E-state index is 14.7. The second-order valence-corrected chi connectivity index (χ2v) is 12.2. The Morgan fingerprint density at radius 2 is 1.74 bits per heavy atom. The van der Waals surface area contributed by atoms with Crippen LogP contribution >= 0.6 is 0 Å². The van der Waals surface area contributed by atoms with Gasteiger partial charge in [0.15, 0.2) is 11.5 Å². The summed E-state index contributed by atoms with van der Waals surface area (Å²) in [5, 5.41) is 16.0. The number of rotatable bonds is 10. The average molecular weight is 648 g/mol. The molecule has 1 aliphatic rings. The number of alkyl halides is 3. The zero-order valence-corrected chi connectivity index (χ0v) is 26.3. The second-order valence-electron chi connectivity index (χ2n) is 12.2. The van der Waals surface area contributed by atoms with Gasteiger partial charge in [0.1, 0.15) is 11.4 Å². The summed E-state index contributed by atoms with van der Waals surface area (Å²) in [6, 6.07) is 9.58. The van der Waals surface area contributed by atoms with E-state index >= 15 is 0 Å². The van der Waals surface area contributed by atoms with E-state index in [9.17, 15) is 32.3 Å². The Morgan fingerprint density at radius 3 is 2.33 bits per heavy atom. The van der Waals surface area contributed by atoms with E-state index in [1.807, 2.05) is 0 Å². The molecule has 1 aromatic heterocycles. The van der Waals surface area contributed by atoms with Crippen molar-refractivity contribution in [2.75, 3.05) is 13.7 Å². The monoisotopic (exact) mass is 647 g/mol. The molecule has 1 saturated carbocycles. The van der Waals surface area contributed by atoms with Gasteiger partial charge in [-0.2, -0.15) is 13.2 Å². The third-order valence-corrected chi connectivity index (χ3v) is 7.18. The van der Waals surface area contributed by atoms with Crippen LogP contribution in [-0.2, 0) is 10.3 Å². The van der Waals surface area contributed by atoms with Crippen molar-refractivity contribution in [3.8, 4) is 22.8 Å². The zero-order valence-electron chi connectivity index (χ0n) is 26.3. The molecule has 1 fully saturated rings. The van der Waals surface area contributed by atoms with Crippen LogP contribution in [0.5, 0.6) is 11.5 Å². The van der Waals surface area contributed by atoms with E-state index in [0.29, 0.717) is 5.75 Å². The molecule has 1 aliphatic carbocycles. The first-order chi connectivity index (χ1) is 21.4. The Balaban J connectivity index is 1.70. The third-order valence-electron chi connectivity index (χ3n) is 7.18. The molecule has 4 rings (SSSR count). The fourth-order valence-corrected chi connectivity index (χ4v) is 4.45. The highest BCUT2D eigenvalue weighted by Crippen LogP contribution is 2.40. The first-order valence-corrected chi connectivity index (χ1v) is 14.6. The van der Waals surface area contributed by atoms with Crippen molar-refractivity contribution in [1.29, 1.82) is 0 Å². The number of ether oxygens (including phenoxy) is 3. The van der Waals surface area contributed by atoms with Crippen molar-refractivity contribution in [2.45, 2.75) is 77.0 Å². The molecule has 13 heteroatoms. The Kier molecular flexibility index (Phi) is 9.86.